The van der Waals surface area contributed by atoms with E-state index in [0.717, 1.165) is 28.5 Å². The Bertz CT molecular complexity index is 1210. The van der Waals surface area contributed by atoms with Gasteiger partial charge >= 0.3 is 0 Å². The van der Waals surface area contributed by atoms with Gasteiger partial charge in [0.15, 0.2) is 11.5 Å². The van der Waals surface area contributed by atoms with Crippen molar-refractivity contribution in [3.05, 3.63) is 98.9 Å². The molecule has 168 valence electrons. The number of benzene rings is 3. The number of hydrogen-bond donors (Lipinski definition) is 0. The van der Waals surface area contributed by atoms with E-state index in [9.17, 15) is 9.59 Å². The topological polar surface area (TPSA) is 55.8 Å². The first-order valence-corrected chi connectivity index (χ1v) is 11.5. The minimum atomic E-state index is -0.329. The minimum absolute atomic E-state index is 0.235. The van der Waals surface area contributed by atoms with Gasteiger partial charge in [0.2, 0.25) is 0 Å². The van der Waals surface area contributed by atoms with E-state index < -0.39 is 0 Å². The quantitative estimate of drug-likeness (QED) is 0.363. The third-order valence-corrected chi connectivity index (χ3v) is 6.30. The Morgan fingerprint density at radius 1 is 1.00 bits per heavy atom. The van der Waals surface area contributed by atoms with Crippen LogP contribution in [-0.4, -0.2) is 23.2 Å². The van der Waals surface area contributed by atoms with Crippen molar-refractivity contribution >= 4 is 40.6 Å². The van der Waals surface area contributed by atoms with Crippen molar-refractivity contribution < 1.29 is 19.1 Å². The number of aryl methyl sites for hydroxylation is 1. The van der Waals surface area contributed by atoms with Crippen LogP contribution in [-0.2, 0) is 17.9 Å². The predicted molar refractivity (Wildman–Crippen MR) is 131 cm³/mol. The number of rotatable bonds is 7. The summed E-state index contributed by atoms with van der Waals surface area (Å²) in [6.45, 7) is 2.57. The van der Waals surface area contributed by atoms with Gasteiger partial charge < -0.3 is 9.47 Å². The van der Waals surface area contributed by atoms with Gasteiger partial charge in [-0.15, -0.1) is 0 Å². The Hall–Kier alpha value is -3.22. The fraction of sp³-hybridized carbons (Fsp3) is 0.154. The number of carbonyl (C=O) groups is 2. The molecule has 5 nitrogen and oxygen atoms in total. The number of hydrogen-bond acceptors (Lipinski definition) is 5. The van der Waals surface area contributed by atoms with Crippen LogP contribution in [0, 0.1) is 6.92 Å². The maximum atomic E-state index is 12.9. The second-order valence-electron chi connectivity index (χ2n) is 7.56. The van der Waals surface area contributed by atoms with Crippen molar-refractivity contribution in [1.82, 2.24) is 4.90 Å². The van der Waals surface area contributed by atoms with E-state index in [1.807, 2.05) is 61.5 Å². The van der Waals surface area contributed by atoms with Gasteiger partial charge in [0, 0.05) is 0 Å². The Labute approximate surface area is 202 Å². The van der Waals surface area contributed by atoms with E-state index >= 15 is 0 Å². The van der Waals surface area contributed by atoms with Crippen LogP contribution in [0.25, 0.3) is 6.08 Å². The molecule has 3 aromatic carbocycles. The van der Waals surface area contributed by atoms with Crippen LogP contribution in [0.1, 0.15) is 22.3 Å². The highest BCUT2D eigenvalue weighted by atomic mass is 35.5. The summed E-state index contributed by atoms with van der Waals surface area (Å²) in [6, 6.07) is 20.9. The fourth-order valence-electron chi connectivity index (χ4n) is 3.36. The van der Waals surface area contributed by atoms with Gasteiger partial charge in [-0.1, -0.05) is 71.8 Å². The summed E-state index contributed by atoms with van der Waals surface area (Å²) in [7, 11) is 1.53. The normalized spacial score (nSPS) is 14.8. The van der Waals surface area contributed by atoms with Gasteiger partial charge in [0.05, 0.1) is 23.6 Å². The van der Waals surface area contributed by atoms with Gasteiger partial charge in [-0.25, -0.2) is 0 Å². The summed E-state index contributed by atoms with van der Waals surface area (Å²) in [6.07, 6.45) is 1.65. The number of thioether (sulfide) groups is 1. The molecule has 0 N–H and O–H groups in total. The minimum Gasteiger partial charge on any atom is -0.493 e. The first kappa shape index (κ1) is 23.0. The molecular formula is C26H22ClNO4S. The molecule has 1 aliphatic rings. The molecule has 1 fully saturated rings. The molecule has 0 aromatic heterocycles. The molecule has 2 amide bonds. The molecule has 0 unspecified atom stereocenters. The third kappa shape index (κ3) is 5.41. The van der Waals surface area contributed by atoms with E-state index in [1.54, 1.807) is 18.2 Å². The SMILES string of the molecule is COc1cc(/C=C2\SC(=O)N(Cc3ccc(C)cc3)C2=O)cc(Cl)c1OCc1ccccc1. The van der Waals surface area contributed by atoms with Crippen LogP contribution in [0.3, 0.4) is 0 Å². The predicted octanol–water partition coefficient (Wildman–Crippen LogP) is 6.47. The number of carbonyl (C=O) groups excluding carboxylic acids is 2. The van der Waals surface area contributed by atoms with E-state index in [-0.39, 0.29) is 17.7 Å². The first-order chi connectivity index (χ1) is 15.9. The molecule has 3 aromatic rings. The zero-order chi connectivity index (χ0) is 23.4. The summed E-state index contributed by atoms with van der Waals surface area (Å²) >= 11 is 7.39. The van der Waals surface area contributed by atoms with Crippen molar-refractivity contribution in [2.75, 3.05) is 7.11 Å². The number of nitrogens with zero attached hydrogens (tertiary/aromatic N) is 1. The van der Waals surface area contributed by atoms with Crippen LogP contribution in [0.15, 0.2) is 71.6 Å². The lowest BCUT2D eigenvalue weighted by Crippen LogP contribution is -2.27. The maximum Gasteiger partial charge on any atom is 0.293 e. The highest BCUT2D eigenvalue weighted by molar-refractivity contribution is 8.18. The molecule has 33 heavy (non-hydrogen) atoms. The highest BCUT2D eigenvalue weighted by Crippen LogP contribution is 2.39. The second-order valence-corrected chi connectivity index (χ2v) is 8.96. The number of methoxy groups -OCH3 is 1. The van der Waals surface area contributed by atoms with E-state index in [2.05, 4.69) is 0 Å². The van der Waals surface area contributed by atoms with Gasteiger partial charge in [0.25, 0.3) is 11.1 Å². The van der Waals surface area contributed by atoms with Gasteiger partial charge in [-0.2, -0.15) is 0 Å². The molecule has 0 radical (unpaired) electrons. The lowest BCUT2D eigenvalue weighted by Gasteiger charge is -2.14. The molecule has 0 aliphatic carbocycles. The van der Waals surface area contributed by atoms with Crippen LogP contribution >= 0.6 is 23.4 Å². The van der Waals surface area contributed by atoms with Crippen molar-refractivity contribution in [3.63, 3.8) is 0 Å². The van der Waals surface area contributed by atoms with Gasteiger partial charge in [-0.3, -0.25) is 14.5 Å². The number of imide groups is 1. The molecule has 4 rings (SSSR count). The molecule has 0 spiro atoms. The van der Waals surface area contributed by atoms with Crippen LogP contribution in [0.2, 0.25) is 5.02 Å². The summed E-state index contributed by atoms with van der Waals surface area (Å²) in [5.41, 5.74) is 3.66. The van der Waals surface area contributed by atoms with E-state index in [0.29, 0.717) is 33.6 Å². The van der Waals surface area contributed by atoms with Crippen LogP contribution in [0.5, 0.6) is 11.5 Å². The molecular weight excluding hydrogens is 458 g/mol. The molecule has 1 aliphatic heterocycles. The smallest absolute Gasteiger partial charge is 0.293 e. The van der Waals surface area contributed by atoms with Gasteiger partial charge in [0.1, 0.15) is 6.61 Å². The zero-order valence-electron chi connectivity index (χ0n) is 18.2. The molecule has 7 heteroatoms. The Morgan fingerprint density at radius 2 is 1.73 bits per heavy atom. The zero-order valence-corrected chi connectivity index (χ0v) is 19.8. The molecule has 0 saturated carbocycles. The summed E-state index contributed by atoms with van der Waals surface area (Å²) in [5, 5.41) is 0.0584. The largest absolute Gasteiger partial charge is 0.493 e. The van der Waals surface area contributed by atoms with Crippen LogP contribution in [0.4, 0.5) is 4.79 Å². The lowest BCUT2D eigenvalue weighted by atomic mass is 10.1. The monoisotopic (exact) mass is 479 g/mol. The molecule has 1 heterocycles. The Balaban J connectivity index is 1.53. The number of halogens is 1. The summed E-state index contributed by atoms with van der Waals surface area (Å²) in [4.78, 5) is 26.9. The van der Waals surface area contributed by atoms with Crippen molar-refractivity contribution in [1.29, 1.82) is 0 Å². The Morgan fingerprint density at radius 3 is 2.42 bits per heavy atom. The van der Waals surface area contributed by atoms with E-state index in [1.165, 1.54) is 12.0 Å². The maximum absolute atomic E-state index is 12.9. The van der Waals surface area contributed by atoms with Crippen molar-refractivity contribution in [3.8, 4) is 11.5 Å². The number of amides is 2. The van der Waals surface area contributed by atoms with Crippen molar-refractivity contribution in [2.45, 2.75) is 20.1 Å². The fourth-order valence-corrected chi connectivity index (χ4v) is 4.47. The molecule has 0 bridgehead atoms. The highest BCUT2D eigenvalue weighted by Gasteiger charge is 2.35. The van der Waals surface area contributed by atoms with Gasteiger partial charge in [-0.05, 0) is 53.6 Å². The standard InChI is InChI=1S/C26H22ClNO4S/c1-17-8-10-18(11-9-17)15-28-25(29)23(33-26(28)30)14-20-12-21(27)24(22(13-20)31-2)32-16-19-6-4-3-5-7-19/h3-14H,15-16H2,1-2H3/b23-14-. The summed E-state index contributed by atoms with van der Waals surface area (Å²) < 4.78 is 11.4. The summed E-state index contributed by atoms with van der Waals surface area (Å²) in [5.74, 6) is 0.543. The van der Waals surface area contributed by atoms with E-state index in [4.69, 9.17) is 21.1 Å². The number of ether oxygens (including phenoxy) is 2. The molecule has 0 atom stereocenters. The average molecular weight is 480 g/mol. The first-order valence-electron chi connectivity index (χ1n) is 10.3. The van der Waals surface area contributed by atoms with Crippen LogP contribution < -0.4 is 9.47 Å². The van der Waals surface area contributed by atoms with Crippen molar-refractivity contribution in [2.24, 2.45) is 0 Å². The Kier molecular flexibility index (Phi) is 7.06. The average Bonchev–Trinajstić information content (AvgIpc) is 3.07. The lowest BCUT2D eigenvalue weighted by molar-refractivity contribution is -0.123. The third-order valence-electron chi connectivity index (χ3n) is 5.11. The second kappa shape index (κ2) is 10.1. The molecule has 1 saturated heterocycles.